The lowest BCUT2D eigenvalue weighted by atomic mass is 9.96. The summed E-state index contributed by atoms with van der Waals surface area (Å²) in [6.45, 7) is 4.49. The second kappa shape index (κ2) is 9.13. The van der Waals surface area contributed by atoms with Gasteiger partial charge in [-0.15, -0.1) is 0 Å². The molecule has 1 saturated heterocycles. The summed E-state index contributed by atoms with van der Waals surface area (Å²) in [7, 11) is 0. The van der Waals surface area contributed by atoms with Crippen LogP contribution in [0.3, 0.4) is 0 Å². The molecule has 0 aromatic carbocycles. The predicted octanol–water partition coefficient (Wildman–Crippen LogP) is 0.118. The zero-order chi connectivity index (χ0) is 18.3. The molecule has 0 radical (unpaired) electrons. The van der Waals surface area contributed by atoms with Gasteiger partial charge in [0.1, 0.15) is 6.54 Å². The molecular weight excluding hydrogens is 312 g/mol. The van der Waals surface area contributed by atoms with E-state index in [0.29, 0.717) is 32.4 Å². The number of hydrogen-bond donors (Lipinski definition) is 2. The number of carboxylic acids is 2. The standard InChI is InChI=1S/C17H30N2O5/c1-12(2)10-19(11-16(22)23)14(6-7-15(20)21)9-13(17(19)24)5-3-4-8-18/h12-14H,3-11,18H2,1-2H3,(H-,20,21,22,23)/t13-,14-,19?/m1/s1. The molecule has 3 atom stereocenters. The van der Waals surface area contributed by atoms with E-state index in [-0.39, 0.29) is 41.2 Å². The van der Waals surface area contributed by atoms with Crippen molar-refractivity contribution < 1.29 is 29.1 Å². The molecule has 0 aromatic heterocycles. The minimum Gasteiger partial charge on any atom is -0.544 e. The van der Waals surface area contributed by atoms with Gasteiger partial charge in [0.05, 0.1) is 30.9 Å². The molecule has 1 amide bonds. The Labute approximate surface area is 143 Å². The van der Waals surface area contributed by atoms with E-state index in [2.05, 4.69) is 0 Å². The van der Waals surface area contributed by atoms with Gasteiger partial charge in [-0.05, 0) is 19.4 Å². The van der Waals surface area contributed by atoms with Gasteiger partial charge in [-0.2, -0.15) is 0 Å². The molecule has 1 aliphatic heterocycles. The Balaban J connectivity index is 3.05. The second-order valence-corrected chi connectivity index (χ2v) is 7.28. The molecule has 7 nitrogen and oxygen atoms in total. The molecule has 1 rings (SSSR count). The van der Waals surface area contributed by atoms with Crippen molar-refractivity contribution in [1.29, 1.82) is 0 Å². The lowest BCUT2D eigenvalue weighted by molar-refractivity contribution is -0.869. The fourth-order valence-electron chi connectivity index (χ4n) is 4.00. The first-order valence-corrected chi connectivity index (χ1v) is 8.75. The van der Waals surface area contributed by atoms with Gasteiger partial charge >= 0.3 is 11.9 Å². The number of carbonyl (C=O) groups is 3. The van der Waals surface area contributed by atoms with E-state index >= 15 is 0 Å². The minimum atomic E-state index is -1.26. The van der Waals surface area contributed by atoms with Crippen LogP contribution in [0.25, 0.3) is 0 Å². The molecule has 1 aliphatic rings. The summed E-state index contributed by atoms with van der Waals surface area (Å²) in [4.78, 5) is 35.3. The van der Waals surface area contributed by atoms with Crippen LogP contribution in [0.15, 0.2) is 0 Å². The first kappa shape index (κ1) is 20.6. The van der Waals surface area contributed by atoms with Gasteiger partial charge in [0.25, 0.3) is 0 Å². The highest BCUT2D eigenvalue weighted by molar-refractivity contribution is 5.77. The zero-order valence-corrected chi connectivity index (χ0v) is 14.7. The van der Waals surface area contributed by atoms with Crippen molar-refractivity contribution in [3.8, 4) is 0 Å². The number of unbranched alkanes of at least 4 members (excludes halogenated alkanes) is 1. The Hall–Kier alpha value is -1.47. The van der Waals surface area contributed by atoms with Gasteiger partial charge in [-0.3, -0.25) is 9.28 Å². The summed E-state index contributed by atoms with van der Waals surface area (Å²) in [5.41, 5.74) is 5.50. The molecule has 3 N–H and O–H groups in total. The molecule has 0 saturated carbocycles. The third kappa shape index (κ3) is 5.27. The highest BCUT2D eigenvalue weighted by Gasteiger charge is 2.54. The van der Waals surface area contributed by atoms with Crippen molar-refractivity contribution in [2.75, 3.05) is 19.6 Å². The van der Waals surface area contributed by atoms with Crippen LogP contribution in [0, 0.1) is 11.8 Å². The maximum Gasteiger partial charge on any atom is 0.317 e. The van der Waals surface area contributed by atoms with Gasteiger partial charge in [-0.25, -0.2) is 4.79 Å². The van der Waals surface area contributed by atoms with Crippen LogP contribution in [-0.2, 0) is 14.4 Å². The molecule has 1 fully saturated rings. The normalized spacial score (nSPS) is 26.9. The van der Waals surface area contributed by atoms with Crippen molar-refractivity contribution in [1.82, 2.24) is 0 Å². The number of likely N-dealkylation sites (tertiary alicyclic amines) is 1. The Morgan fingerprint density at radius 3 is 2.50 bits per heavy atom. The van der Waals surface area contributed by atoms with Crippen LogP contribution in [-0.4, -0.2) is 53.1 Å². The summed E-state index contributed by atoms with van der Waals surface area (Å²) in [5, 5.41) is 20.3. The van der Waals surface area contributed by atoms with Crippen LogP contribution >= 0.6 is 0 Å². The minimum absolute atomic E-state index is 0.0569. The van der Waals surface area contributed by atoms with Crippen molar-refractivity contribution in [2.24, 2.45) is 17.6 Å². The van der Waals surface area contributed by atoms with Crippen LogP contribution in [0.5, 0.6) is 0 Å². The number of nitrogens with zero attached hydrogens (tertiary/aromatic N) is 1. The quantitative estimate of drug-likeness (QED) is 0.406. The lowest BCUT2D eigenvalue weighted by Gasteiger charge is -2.39. The third-order valence-electron chi connectivity index (χ3n) is 4.84. The Morgan fingerprint density at radius 2 is 2.00 bits per heavy atom. The summed E-state index contributed by atoms with van der Waals surface area (Å²) < 4.78 is -0.166. The van der Waals surface area contributed by atoms with Gasteiger partial charge in [-0.1, -0.05) is 20.3 Å². The van der Waals surface area contributed by atoms with Gasteiger partial charge in [0, 0.05) is 18.8 Å². The molecule has 0 aliphatic carbocycles. The molecule has 138 valence electrons. The van der Waals surface area contributed by atoms with E-state index in [1.807, 2.05) is 13.8 Å². The topological polar surface area (TPSA) is 121 Å². The number of quaternary nitrogens is 1. The highest BCUT2D eigenvalue weighted by Crippen LogP contribution is 2.38. The average molecular weight is 342 g/mol. The number of carboxylic acid groups (broad SMARTS) is 2. The number of carbonyl (C=O) groups excluding carboxylic acids is 2. The van der Waals surface area contributed by atoms with E-state index in [4.69, 9.17) is 10.8 Å². The lowest BCUT2D eigenvalue weighted by Crippen LogP contribution is -2.61. The number of hydrogen-bond acceptors (Lipinski definition) is 5. The summed E-state index contributed by atoms with van der Waals surface area (Å²) >= 11 is 0. The molecule has 0 bridgehead atoms. The fraction of sp³-hybridized carbons (Fsp3) is 0.824. The summed E-state index contributed by atoms with van der Waals surface area (Å²) in [6, 6.07) is -0.267. The number of rotatable bonds is 11. The second-order valence-electron chi connectivity index (χ2n) is 7.28. The van der Waals surface area contributed by atoms with Crippen LogP contribution in [0.4, 0.5) is 0 Å². The first-order chi connectivity index (χ1) is 11.2. The monoisotopic (exact) mass is 342 g/mol. The average Bonchev–Trinajstić information content (AvgIpc) is 2.69. The summed E-state index contributed by atoms with van der Waals surface area (Å²) in [6.07, 6.45) is 3.15. The SMILES string of the molecule is CC(C)C[N+]1(CC(=O)[O-])C(=O)[C@H](CCCCN)C[C@H]1CCC(=O)O. The van der Waals surface area contributed by atoms with Gasteiger partial charge in [0.2, 0.25) is 0 Å². The van der Waals surface area contributed by atoms with E-state index in [1.165, 1.54) is 0 Å². The largest absolute Gasteiger partial charge is 0.544 e. The van der Waals surface area contributed by atoms with E-state index in [0.717, 1.165) is 12.8 Å². The van der Waals surface area contributed by atoms with Gasteiger partial charge in [0.15, 0.2) is 0 Å². The first-order valence-electron chi connectivity index (χ1n) is 8.75. The van der Waals surface area contributed by atoms with Crippen LogP contribution in [0.1, 0.15) is 52.4 Å². The van der Waals surface area contributed by atoms with Crippen LogP contribution in [0.2, 0.25) is 0 Å². The van der Waals surface area contributed by atoms with Crippen molar-refractivity contribution in [3.63, 3.8) is 0 Å². The molecule has 1 unspecified atom stereocenters. The van der Waals surface area contributed by atoms with Crippen LogP contribution < -0.4 is 10.8 Å². The molecular formula is C17H30N2O5. The van der Waals surface area contributed by atoms with Crippen molar-refractivity contribution in [3.05, 3.63) is 0 Å². The Bertz CT molecular complexity index is 466. The van der Waals surface area contributed by atoms with Crippen molar-refractivity contribution >= 4 is 17.8 Å². The molecule has 24 heavy (non-hydrogen) atoms. The predicted molar refractivity (Wildman–Crippen MR) is 86.5 cm³/mol. The highest BCUT2D eigenvalue weighted by atomic mass is 16.4. The Morgan fingerprint density at radius 1 is 1.33 bits per heavy atom. The van der Waals surface area contributed by atoms with E-state index in [1.54, 1.807) is 0 Å². The zero-order valence-electron chi connectivity index (χ0n) is 14.7. The van der Waals surface area contributed by atoms with E-state index in [9.17, 15) is 19.5 Å². The third-order valence-corrected chi connectivity index (χ3v) is 4.84. The Kier molecular flexibility index (Phi) is 7.83. The maximum atomic E-state index is 13.1. The molecule has 0 aromatic rings. The number of amides is 1. The smallest absolute Gasteiger partial charge is 0.317 e. The van der Waals surface area contributed by atoms with Gasteiger partial charge < -0.3 is 20.7 Å². The summed E-state index contributed by atoms with van der Waals surface area (Å²) in [5.74, 6) is -2.34. The molecule has 0 spiro atoms. The fourth-order valence-corrected chi connectivity index (χ4v) is 4.00. The van der Waals surface area contributed by atoms with E-state index < -0.39 is 11.9 Å². The molecule has 7 heteroatoms. The molecule has 1 heterocycles. The number of aliphatic carboxylic acids is 2. The maximum absolute atomic E-state index is 13.1. The van der Waals surface area contributed by atoms with Crippen molar-refractivity contribution in [2.45, 2.75) is 58.4 Å². The number of nitrogens with two attached hydrogens (primary N) is 1.